The van der Waals surface area contributed by atoms with Crippen LogP contribution in [0.2, 0.25) is 0 Å². The molecule has 0 saturated carbocycles. The number of rotatable bonds is 4. The monoisotopic (exact) mass is 338 g/mol. The van der Waals surface area contributed by atoms with Gasteiger partial charge in [0.15, 0.2) is 0 Å². The summed E-state index contributed by atoms with van der Waals surface area (Å²) in [5.74, 6) is -0.564. The Bertz CT molecular complexity index is 626. The molecule has 1 aromatic carbocycles. The fourth-order valence-electron chi connectivity index (χ4n) is 2.30. The highest BCUT2D eigenvalue weighted by Crippen LogP contribution is 2.26. The summed E-state index contributed by atoms with van der Waals surface area (Å²) < 4.78 is 67.7. The van der Waals surface area contributed by atoms with Crippen molar-refractivity contribution < 1.29 is 26.3 Å². The summed E-state index contributed by atoms with van der Waals surface area (Å²) in [6.45, 7) is 3.13. The van der Waals surface area contributed by atoms with Crippen LogP contribution in [0.1, 0.15) is 19.8 Å². The molecule has 0 aromatic heterocycles. The van der Waals surface area contributed by atoms with Crippen LogP contribution in [0.5, 0.6) is 5.75 Å². The fraction of sp³-hybridized carbons (Fsp3) is 0.538. The number of halogens is 3. The summed E-state index contributed by atoms with van der Waals surface area (Å²) in [5, 5.41) is 3.12. The maximum atomic E-state index is 12.4. The Kier molecular flexibility index (Phi) is 4.69. The van der Waals surface area contributed by atoms with E-state index in [9.17, 15) is 21.6 Å². The van der Waals surface area contributed by atoms with Crippen LogP contribution in [0.15, 0.2) is 29.2 Å². The molecule has 0 bridgehead atoms. The zero-order valence-corrected chi connectivity index (χ0v) is 12.7. The number of benzene rings is 1. The van der Waals surface area contributed by atoms with Crippen LogP contribution in [0.25, 0.3) is 0 Å². The second-order valence-electron chi connectivity index (χ2n) is 5.44. The van der Waals surface area contributed by atoms with E-state index in [1.54, 1.807) is 6.92 Å². The standard InChI is InChI=1S/C13H17F3N2O3S/c1-12(5-7-17-8-6-12)18-22(19,20)11-4-2-3-10(9-11)21-13(14,15)16/h2-4,9,17-18H,5-8H2,1H3. The van der Waals surface area contributed by atoms with Gasteiger partial charge in [-0.05, 0) is 45.0 Å². The molecular weight excluding hydrogens is 321 g/mol. The second kappa shape index (κ2) is 6.05. The fourth-order valence-corrected chi connectivity index (χ4v) is 3.80. The lowest BCUT2D eigenvalue weighted by molar-refractivity contribution is -0.274. The van der Waals surface area contributed by atoms with Gasteiger partial charge in [0.05, 0.1) is 4.90 Å². The molecule has 0 aliphatic carbocycles. The van der Waals surface area contributed by atoms with E-state index in [2.05, 4.69) is 14.8 Å². The number of piperidine rings is 1. The van der Waals surface area contributed by atoms with Gasteiger partial charge in [-0.15, -0.1) is 13.2 Å². The first-order valence-electron chi connectivity index (χ1n) is 6.70. The summed E-state index contributed by atoms with van der Waals surface area (Å²) >= 11 is 0. The van der Waals surface area contributed by atoms with Crippen LogP contribution >= 0.6 is 0 Å². The number of nitrogens with one attached hydrogen (secondary N) is 2. The number of hydrogen-bond donors (Lipinski definition) is 2. The highest BCUT2D eigenvalue weighted by atomic mass is 32.2. The molecule has 9 heteroatoms. The van der Waals surface area contributed by atoms with Gasteiger partial charge >= 0.3 is 6.36 Å². The van der Waals surface area contributed by atoms with Crippen molar-refractivity contribution in [2.75, 3.05) is 13.1 Å². The molecule has 1 fully saturated rings. The van der Waals surface area contributed by atoms with Crippen molar-refractivity contribution in [3.63, 3.8) is 0 Å². The summed E-state index contributed by atoms with van der Waals surface area (Å²) in [6, 6.07) is 4.36. The van der Waals surface area contributed by atoms with Crippen LogP contribution in [-0.2, 0) is 10.0 Å². The Morgan fingerprint density at radius 2 is 1.91 bits per heavy atom. The number of hydrogen-bond acceptors (Lipinski definition) is 4. The molecule has 1 saturated heterocycles. The van der Waals surface area contributed by atoms with Gasteiger partial charge in [0, 0.05) is 11.6 Å². The van der Waals surface area contributed by atoms with Gasteiger partial charge in [-0.2, -0.15) is 0 Å². The summed E-state index contributed by atoms with van der Waals surface area (Å²) in [7, 11) is -3.92. The average molecular weight is 338 g/mol. The first kappa shape index (κ1) is 17.0. The summed E-state index contributed by atoms with van der Waals surface area (Å²) in [6.07, 6.45) is -3.66. The van der Waals surface area contributed by atoms with Crippen LogP contribution in [-0.4, -0.2) is 33.4 Å². The molecule has 1 aromatic rings. The molecule has 0 spiro atoms. The smallest absolute Gasteiger partial charge is 0.406 e. The third-order valence-corrected chi connectivity index (χ3v) is 5.07. The highest BCUT2D eigenvalue weighted by Gasteiger charge is 2.34. The molecule has 5 nitrogen and oxygen atoms in total. The predicted octanol–water partition coefficient (Wildman–Crippen LogP) is 2.01. The molecule has 0 unspecified atom stereocenters. The Labute approximate surface area is 126 Å². The number of alkyl halides is 3. The molecule has 124 valence electrons. The predicted molar refractivity (Wildman–Crippen MR) is 74.0 cm³/mol. The summed E-state index contributed by atoms with van der Waals surface area (Å²) in [5.41, 5.74) is -0.620. The lowest BCUT2D eigenvalue weighted by Crippen LogP contribution is -2.52. The van der Waals surface area contributed by atoms with Crippen LogP contribution in [0, 0.1) is 0 Å². The van der Waals surface area contributed by atoms with E-state index >= 15 is 0 Å². The van der Waals surface area contributed by atoms with Crippen molar-refractivity contribution in [1.82, 2.24) is 10.0 Å². The van der Waals surface area contributed by atoms with Crippen LogP contribution in [0.4, 0.5) is 13.2 Å². The molecular formula is C13H17F3N2O3S. The third kappa shape index (κ3) is 4.59. The number of ether oxygens (including phenoxy) is 1. The lowest BCUT2D eigenvalue weighted by atomic mass is 9.92. The number of sulfonamides is 1. The average Bonchev–Trinajstić information content (AvgIpc) is 2.36. The lowest BCUT2D eigenvalue weighted by Gasteiger charge is -2.34. The SMILES string of the molecule is CC1(NS(=O)(=O)c2cccc(OC(F)(F)F)c2)CCNCC1. The molecule has 2 rings (SSSR count). The van der Waals surface area contributed by atoms with Crippen LogP contribution < -0.4 is 14.8 Å². The summed E-state index contributed by atoms with van der Waals surface area (Å²) in [4.78, 5) is -0.256. The minimum absolute atomic E-state index is 0.256. The molecule has 0 atom stereocenters. The van der Waals surface area contributed by atoms with E-state index in [4.69, 9.17) is 0 Å². The Hall–Kier alpha value is -1.32. The van der Waals surface area contributed by atoms with Crippen molar-refractivity contribution in [3.8, 4) is 5.75 Å². The normalized spacial score (nSPS) is 18.9. The van der Waals surface area contributed by atoms with Gasteiger partial charge in [-0.3, -0.25) is 0 Å². The first-order chi connectivity index (χ1) is 10.1. The Morgan fingerprint density at radius 3 is 2.50 bits per heavy atom. The Morgan fingerprint density at radius 1 is 1.27 bits per heavy atom. The highest BCUT2D eigenvalue weighted by molar-refractivity contribution is 7.89. The van der Waals surface area contributed by atoms with E-state index < -0.39 is 27.7 Å². The van der Waals surface area contributed by atoms with E-state index in [1.165, 1.54) is 12.1 Å². The maximum Gasteiger partial charge on any atom is 0.573 e. The molecule has 1 aliphatic heterocycles. The second-order valence-corrected chi connectivity index (χ2v) is 7.12. The molecule has 22 heavy (non-hydrogen) atoms. The minimum Gasteiger partial charge on any atom is -0.406 e. The van der Waals surface area contributed by atoms with Crippen LogP contribution in [0.3, 0.4) is 0 Å². The van der Waals surface area contributed by atoms with Crippen molar-refractivity contribution in [2.45, 2.75) is 36.6 Å². The van der Waals surface area contributed by atoms with Gasteiger partial charge in [-0.1, -0.05) is 6.07 Å². The zero-order chi connectivity index (χ0) is 16.4. The topological polar surface area (TPSA) is 67.4 Å². The van der Waals surface area contributed by atoms with Crippen molar-refractivity contribution in [3.05, 3.63) is 24.3 Å². The van der Waals surface area contributed by atoms with Crippen molar-refractivity contribution >= 4 is 10.0 Å². The van der Waals surface area contributed by atoms with E-state index in [0.29, 0.717) is 25.9 Å². The van der Waals surface area contributed by atoms with Gasteiger partial charge in [0.25, 0.3) is 0 Å². The maximum absolute atomic E-state index is 12.4. The van der Waals surface area contributed by atoms with Gasteiger partial charge in [-0.25, -0.2) is 13.1 Å². The van der Waals surface area contributed by atoms with Crippen molar-refractivity contribution in [2.24, 2.45) is 0 Å². The zero-order valence-electron chi connectivity index (χ0n) is 11.9. The Balaban J connectivity index is 2.20. The molecule has 2 N–H and O–H groups in total. The molecule has 0 radical (unpaired) electrons. The minimum atomic E-state index is -4.86. The quantitative estimate of drug-likeness (QED) is 0.881. The van der Waals surface area contributed by atoms with E-state index in [1.807, 2.05) is 0 Å². The van der Waals surface area contributed by atoms with Gasteiger partial charge < -0.3 is 10.1 Å². The third-order valence-electron chi connectivity index (χ3n) is 3.44. The first-order valence-corrected chi connectivity index (χ1v) is 8.19. The molecule has 1 aliphatic rings. The van der Waals surface area contributed by atoms with Gasteiger partial charge in [0.1, 0.15) is 5.75 Å². The van der Waals surface area contributed by atoms with Crippen molar-refractivity contribution in [1.29, 1.82) is 0 Å². The molecule has 0 amide bonds. The largest absolute Gasteiger partial charge is 0.573 e. The van der Waals surface area contributed by atoms with E-state index in [-0.39, 0.29) is 4.90 Å². The van der Waals surface area contributed by atoms with Gasteiger partial charge in [0.2, 0.25) is 10.0 Å². The molecule has 1 heterocycles. The van der Waals surface area contributed by atoms with E-state index in [0.717, 1.165) is 12.1 Å².